The Balaban J connectivity index is 2.23. The Bertz CT molecular complexity index is 512. The second-order valence-electron chi connectivity index (χ2n) is 4.25. The number of hydrogen-bond acceptors (Lipinski definition) is 7. The minimum atomic E-state index is -4.03. The van der Waals surface area contributed by atoms with Gasteiger partial charge >= 0.3 is 0 Å². The van der Waals surface area contributed by atoms with Gasteiger partial charge in [-0.15, -0.1) is 11.8 Å². The maximum Gasteiger partial charge on any atom is 0.271 e. The molecule has 10 heteroatoms. The SMILES string of the molecule is COC1=C(S(=O)(=O)NO)SCC1C(=O)N1CCOCC1. The van der Waals surface area contributed by atoms with Crippen LogP contribution in [0.4, 0.5) is 0 Å². The minimum absolute atomic E-state index is 0.0769. The zero-order valence-corrected chi connectivity index (χ0v) is 12.5. The molecule has 0 saturated carbocycles. The van der Waals surface area contributed by atoms with Crippen molar-refractivity contribution in [1.82, 2.24) is 9.79 Å². The van der Waals surface area contributed by atoms with Crippen LogP contribution in [0.5, 0.6) is 0 Å². The van der Waals surface area contributed by atoms with Crippen molar-refractivity contribution in [2.75, 3.05) is 39.2 Å². The Labute approximate surface area is 121 Å². The van der Waals surface area contributed by atoms with Crippen molar-refractivity contribution >= 4 is 27.7 Å². The van der Waals surface area contributed by atoms with Crippen molar-refractivity contribution in [3.8, 4) is 0 Å². The topological polar surface area (TPSA) is 105 Å². The fourth-order valence-corrected chi connectivity index (χ4v) is 4.60. The van der Waals surface area contributed by atoms with Crippen molar-refractivity contribution in [1.29, 1.82) is 0 Å². The summed E-state index contributed by atoms with van der Waals surface area (Å²) in [5, 5.41) is 8.69. The molecular formula is C10H16N2O6S2. The number of hydrogen-bond donors (Lipinski definition) is 2. The molecule has 8 nitrogen and oxygen atoms in total. The van der Waals surface area contributed by atoms with Crippen LogP contribution in [0.3, 0.4) is 0 Å². The predicted molar refractivity (Wildman–Crippen MR) is 71.2 cm³/mol. The highest BCUT2D eigenvalue weighted by atomic mass is 32.3. The summed E-state index contributed by atoms with van der Waals surface area (Å²) in [4.78, 5) is 15.3. The highest BCUT2D eigenvalue weighted by Crippen LogP contribution is 2.40. The molecule has 1 saturated heterocycles. The molecule has 1 unspecified atom stereocenters. The largest absolute Gasteiger partial charge is 0.498 e. The lowest BCUT2D eigenvalue weighted by Crippen LogP contribution is -2.44. The number of ether oxygens (including phenoxy) is 2. The summed E-state index contributed by atoms with van der Waals surface area (Å²) in [5.74, 6) is -0.481. The van der Waals surface area contributed by atoms with E-state index in [1.54, 1.807) is 4.90 Å². The predicted octanol–water partition coefficient (Wildman–Crippen LogP) is -0.668. The van der Waals surface area contributed by atoms with Crippen LogP contribution in [0.2, 0.25) is 0 Å². The van der Waals surface area contributed by atoms with Gasteiger partial charge in [0.2, 0.25) is 5.91 Å². The summed E-state index contributed by atoms with van der Waals surface area (Å²) in [6.07, 6.45) is 0. The molecule has 2 rings (SSSR count). The Morgan fingerprint density at radius 3 is 2.70 bits per heavy atom. The minimum Gasteiger partial charge on any atom is -0.498 e. The molecule has 114 valence electrons. The second kappa shape index (κ2) is 6.31. The van der Waals surface area contributed by atoms with Gasteiger partial charge in [0.1, 0.15) is 11.7 Å². The maximum absolute atomic E-state index is 12.4. The number of nitrogens with zero attached hydrogens (tertiary/aromatic N) is 1. The third kappa shape index (κ3) is 2.93. The average molecular weight is 324 g/mol. The molecule has 0 aliphatic carbocycles. The standard InChI is InChI=1S/C10H16N2O6S2/c1-17-8-7(6-19-10(8)20(15,16)11-14)9(13)12-2-4-18-5-3-12/h7,11,14H,2-6H2,1H3. The van der Waals surface area contributed by atoms with Gasteiger partial charge in [0.05, 0.1) is 20.3 Å². The molecule has 0 aromatic heterocycles. The van der Waals surface area contributed by atoms with Gasteiger partial charge in [0, 0.05) is 18.8 Å². The number of methoxy groups -OCH3 is 1. The van der Waals surface area contributed by atoms with E-state index < -0.39 is 15.9 Å². The molecular weight excluding hydrogens is 308 g/mol. The Kier molecular flexibility index (Phi) is 4.91. The monoisotopic (exact) mass is 324 g/mol. The molecule has 1 fully saturated rings. The molecule has 1 atom stereocenters. The van der Waals surface area contributed by atoms with E-state index in [1.165, 1.54) is 12.0 Å². The molecule has 0 spiro atoms. The quantitative estimate of drug-likeness (QED) is 0.661. The fraction of sp³-hybridized carbons (Fsp3) is 0.700. The Hall–Kier alpha value is -0.810. The lowest BCUT2D eigenvalue weighted by Gasteiger charge is -2.29. The van der Waals surface area contributed by atoms with E-state index in [9.17, 15) is 13.2 Å². The summed E-state index contributed by atoms with van der Waals surface area (Å²) in [7, 11) is -2.72. The van der Waals surface area contributed by atoms with Gasteiger partial charge in [-0.2, -0.15) is 0 Å². The molecule has 2 N–H and O–H groups in total. The Morgan fingerprint density at radius 2 is 2.15 bits per heavy atom. The third-order valence-corrected chi connectivity index (χ3v) is 6.01. The lowest BCUT2D eigenvalue weighted by atomic mass is 10.1. The molecule has 2 aliphatic rings. The number of thioether (sulfide) groups is 1. The van der Waals surface area contributed by atoms with Crippen LogP contribution in [0.15, 0.2) is 10.00 Å². The number of carbonyl (C=O) groups is 1. The van der Waals surface area contributed by atoms with E-state index in [0.29, 0.717) is 26.3 Å². The number of nitrogens with one attached hydrogen (secondary N) is 1. The third-order valence-electron chi connectivity index (χ3n) is 3.10. The summed E-state index contributed by atoms with van der Waals surface area (Å²) in [5.41, 5.74) is 0. The summed E-state index contributed by atoms with van der Waals surface area (Å²) >= 11 is 0.972. The lowest BCUT2D eigenvalue weighted by molar-refractivity contribution is -0.138. The zero-order chi connectivity index (χ0) is 14.8. The van der Waals surface area contributed by atoms with Crippen LogP contribution >= 0.6 is 11.8 Å². The van der Waals surface area contributed by atoms with Crippen molar-refractivity contribution in [3.63, 3.8) is 0 Å². The van der Waals surface area contributed by atoms with Gasteiger partial charge in [0.25, 0.3) is 10.0 Å². The average Bonchev–Trinajstić information content (AvgIpc) is 2.92. The molecule has 0 bridgehead atoms. The second-order valence-corrected chi connectivity index (χ2v) is 7.14. The first-order valence-electron chi connectivity index (χ1n) is 5.94. The molecule has 0 aromatic rings. The normalized spacial score (nSPS) is 24.1. The number of morpholine rings is 1. The van der Waals surface area contributed by atoms with Gasteiger partial charge in [-0.25, -0.2) is 8.42 Å². The van der Waals surface area contributed by atoms with E-state index in [-0.39, 0.29) is 21.7 Å². The van der Waals surface area contributed by atoms with Gasteiger partial charge in [0.15, 0.2) is 4.24 Å². The van der Waals surface area contributed by atoms with Gasteiger partial charge in [-0.3, -0.25) is 4.79 Å². The van der Waals surface area contributed by atoms with Crippen molar-refractivity contribution in [2.45, 2.75) is 0 Å². The number of carbonyl (C=O) groups excluding carboxylic acids is 1. The van der Waals surface area contributed by atoms with Crippen molar-refractivity contribution < 1.29 is 27.9 Å². The maximum atomic E-state index is 12.4. The van der Waals surface area contributed by atoms with Crippen LogP contribution < -0.4 is 4.89 Å². The van der Waals surface area contributed by atoms with Crippen LogP contribution in [0, 0.1) is 5.92 Å². The number of sulfonamides is 1. The van der Waals surface area contributed by atoms with Crippen LogP contribution in [0.1, 0.15) is 0 Å². The summed E-state index contributed by atoms with van der Waals surface area (Å²) in [6, 6.07) is 0. The molecule has 2 aliphatic heterocycles. The molecule has 20 heavy (non-hydrogen) atoms. The van der Waals surface area contributed by atoms with Crippen LogP contribution in [0.25, 0.3) is 0 Å². The summed E-state index contributed by atoms with van der Waals surface area (Å²) in [6.45, 7) is 1.91. The first-order valence-corrected chi connectivity index (χ1v) is 8.41. The Morgan fingerprint density at radius 1 is 1.50 bits per heavy atom. The highest BCUT2D eigenvalue weighted by molar-refractivity contribution is 8.18. The molecule has 0 aromatic carbocycles. The smallest absolute Gasteiger partial charge is 0.271 e. The van der Waals surface area contributed by atoms with E-state index in [2.05, 4.69) is 0 Å². The number of amides is 1. The highest BCUT2D eigenvalue weighted by Gasteiger charge is 2.40. The molecule has 2 heterocycles. The number of rotatable bonds is 4. The fourth-order valence-electron chi connectivity index (χ4n) is 2.11. The van der Waals surface area contributed by atoms with E-state index in [1.807, 2.05) is 0 Å². The van der Waals surface area contributed by atoms with Crippen LogP contribution in [-0.2, 0) is 24.3 Å². The van der Waals surface area contributed by atoms with Crippen molar-refractivity contribution in [2.24, 2.45) is 5.92 Å². The van der Waals surface area contributed by atoms with Crippen LogP contribution in [-0.4, -0.2) is 63.6 Å². The van der Waals surface area contributed by atoms with E-state index in [4.69, 9.17) is 14.7 Å². The van der Waals surface area contributed by atoms with E-state index in [0.717, 1.165) is 11.8 Å². The molecule has 1 amide bonds. The van der Waals surface area contributed by atoms with Gasteiger partial charge < -0.3 is 19.6 Å². The molecule has 0 radical (unpaired) electrons. The first kappa shape index (κ1) is 15.6. The van der Waals surface area contributed by atoms with Gasteiger partial charge in [-0.1, -0.05) is 4.89 Å². The van der Waals surface area contributed by atoms with Gasteiger partial charge in [-0.05, 0) is 0 Å². The summed E-state index contributed by atoms with van der Waals surface area (Å²) < 4.78 is 33.4. The first-order chi connectivity index (χ1) is 9.51. The van der Waals surface area contributed by atoms with E-state index >= 15 is 0 Å². The van der Waals surface area contributed by atoms with Crippen molar-refractivity contribution in [3.05, 3.63) is 10.00 Å². The zero-order valence-electron chi connectivity index (χ0n) is 10.9.